The van der Waals surface area contributed by atoms with Gasteiger partial charge in [0.15, 0.2) is 5.96 Å². The molecule has 0 aliphatic carbocycles. The van der Waals surface area contributed by atoms with Crippen LogP contribution in [0.3, 0.4) is 0 Å². The highest BCUT2D eigenvalue weighted by molar-refractivity contribution is 7.09. The van der Waals surface area contributed by atoms with E-state index in [1.54, 1.807) is 18.4 Å². The molecule has 1 atom stereocenters. The summed E-state index contributed by atoms with van der Waals surface area (Å²) in [6.07, 6.45) is 1.75. The Kier molecular flexibility index (Phi) is 5.82. The summed E-state index contributed by atoms with van der Waals surface area (Å²) in [6.45, 7) is 3.25. The van der Waals surface area contributed by atoms with Gasteiger partial charge in [0.05, 0.1) is 13.2 Å². The van der Waals surface area contributed by atoms with Gasteiger partial charge < -0.3 is 20.5 Å². The van der Waals surface area contributed by atoms with Gasteiger partial charge in [0.1, 0.15) is 0 Å². The lowest BCUT2D eigenvalue weighted by Crippen LogP contribution is -2.44. The maximum Gasteiger partial charge on any atom is 0.191 e. The zero-order chi connectivity index (χ0) is 14.3. The third-order valence-electron chi connectivity index (χ3n) is 3.69. The van der Waals surface area contributed by atoms with Crippen LogP contribution >= 0.6 is 11.3 Å². The highest BCUT2D eigenvalue weighted by atomic mass is 32.1. The number of nitrogens with zero attached hydrogens (tertiary/aromatic N) is 1. The standard InChI is InChI=1S/C14H23N3O2S/c1-15-13(16-9-12-3-2-8-20-12)17-10-14(4-6-18)5-7-19-11-14/h2-3,8,18H,4-7,9-11H2,1H3,(H2,15,16,17). The first kappa shape index (κ1) is 15.3. The molecule has 3 N–H and O–H groups in total. The Morgan fingerprint density at radius 1 is 1.55 bits per heavy atom. The molecule has 1 aliphatic rings. The Bertz CT molecular complexity index is 414. The minimum atomic E-state index is 0.0370. The van der Waals surface area contributed by atoms with Crippen molar-refractivity contribution in [2.24, 2.45) is 10.4 Å². The molecular formula is C14H23N3O2S. The Morgan fingerprint density at radius 3 is 3.05 bits per heavy atom. The summed E-state index contributed by atoms with van der Waals surface area (Å²) in [5, 5.41) is 17.9. The van der Waals surface area contributed by atoms with Crippen LogP contribution in [0.4, 0.5) is 0 Å². The summed E-state index contributed by atoms with van der Waals surface area (Å²) in [4.78, 5) is 5.52. The molecule has 1 aliphatic heterocycles. The molecule has 5 nitrogen and oxygen atoms in total. The second kappa shape index (κ2) is 7.61. The van der Waals surface area contributed by atoms with E-state index >= 15 is 0 Å². The molecule has 0 aromatic carbocycles. The Hall–Kier alpha value is -1.11. The molecule has 1 aromatic heterocycles. The lowest BCUT2D eigenvalue weighted by atomic mass is 9.84. The minimum absolute atomic E-state index is 0.0370. The lowest BCUT2D eigenvalue weighted by Gasteiger charge is -2.27. The number of aliphatic imine (C=N–C) groups is 1. The molecule has 2 heterocycles. The zero-order valence-corrected chi connectivity index (χ0v) is 12.7. The first-order chi connectivity index (χ1) is 9.78. The maximum absolute atomic E-state index is 9.21. The van der Waals surface area contributed by atoms with Crippen molar-refractivity contribution < 1.29 is 9.84 Å². The van der Waals surface area contributed by atoms with Gasteiger partial charge in [-0.15, -0.1) is 11.3 Å². The van der Waals surface area contributed by atoms with Gasteiger partial charge in [0.25, 0.3) is 0 Å². The molecular weight excluding hydrogens is 274 g/mol. The predicted molar refractivity (Wildman–Crippen MR) is 82.1 cm³/mol. The first-order valence-corrected chi connectivity index (χ1v) is 7.81. The summed E-state index contributed by atoms with van der Waals surface area (Å²) < 4.78 is 5.49. The molecule has 0 spiro atoms. The second-order valence-electron chi connectivity index (χ2n) is 5.13. The fourth-order valence-corrected chi connectivity index (χ4v) is 3.03. The van der Waals surface area contributed by atoms with E-state index in [1.807, 2.05) is 6.07 Å². The van der Waals surface area contributed by atoms with Crippen molar-refractivity contribution >= 4 is 17.3 Å². The molecule has 0 saturated carbocycles. The topological polar surface area (TPSA) is 65.9 Å². The van der Waals surface area contributed by atoms with Crippen LogP contribution in [0.25, 0.3) is 0 Å². The fraction of sp³-hybridized carbons (Fsp3) is 0.643. The molecule has 6 heteroatoms. The maximum atomic E-state index is 9.21. The number of ether oxygens (including phenoxy) is 1. The van der Waals surface area contributed by atoms with Gasteiger partial charge in [-0.05, 0) is 24.3 Å². The van der Waals surface area contributed by atoms with E-state index < -0.39 is 0 Å². The Labute approximate surface area is 124 Å². The summed E-state index contributed by atoms with van der Waals surface area (Å²) in [6, 6.07) is 4.15. The third-order valence-corrected chi connectivity index (χ3v) is 4.57. The number of hydrogen-bond donors (Lipinski definition) is 3. The molecule has 0 bridgehead atoms. The molecule has 112 valence electrons. The van der Waals surface area contributed by atoms with Crippen LogP contribution in [0.1, 0.15) is 17.7 Å². The SMILES string of the molecule is CN=C(NCc1cccs1)NCC1(CCO)CCOC1. The number of guanidine groups is 1. The smallest absolute Gasteiger partial charge is 0.191 e. The highest BCUT2D eigenvalue weighted by Gasteiger charge is 2.34. The molecule has 1 unspecified atom stereocenters. The number of nitrogens with one attached hydrogen (secondary N) is 2. The van der Waals surface area contributed by atoms with Gasteiger partial charge in [0.2, 0.25) is 0 Å². The molecule has 1 saturated heterocycles. The van der Waals surface area contributed by atoms with Crippen LogP contribution in [0.15, 0.2) is 22.5 Å². The molecule has 0 radical (unpaired) electrons. The third kappa shape index (κ3) is 4.19. The average molecular weight is 297 g/mol. The van der Waals surface area contributed by atoms with E-state index in [1.165, 1.54) is 4.88 Å². The zero-order valence-electron chi connectivity index (χ0n) is 11.9. The largest absolute Gasteiger partial charge is 0.396 e. The monoisotopic (exact) mass is 297 g/mol. The van der Waals surface area contributed by atoms with E-state index in [9.17, 15) is 5.11 Å². The number of hydrogen-bond acceptors (Lipinski definition) is 4. The Balaban J connectivity index is 1.80. The van der Waals surface area contributed by atoms with Crippen LogP contribution in [0, 0.1) is 5.41 Å². The van der Waals surface area contributed by atoms with Gasteiger partial charge >= 0.3 is 0 Å². The van der Waals surface area contributed by atoms with E-state index in [2.05, 4.69) is 27.1 Å². The quantitative estimate of drug-likeness (QED) is 0.545. The summed E-state index contributed by atoms with van der Waals surface area (Å²) in [5.41, 5.74) is 0.0370. The first-order valence-electron chi connectivity index (χ1n) is 6.93. The van der Waals surface area contributed by atoms with Gasteiger partial charge in [-0.25, -0.2) is 0 Å². The lowest BCUT2D eigenvalue weighted by molar-refractivity contribution is 0.127. The minimum Gasteiger partial charge on any atom is -0.396 e. The molecule has 20 heavy (non-hydrogen) atoms. The van der Waals surface area contributed by atoms with E-state index in [-0.39, 0.29) is 12.0 Å². The predicted octanol–water partition coefficient (Wildman–Crippen LogP) is 1.20. The van der Waals surface area contributed by atoms with Crippen LogP contribution in [-0.4, -0.2) is 44.5 Å². The molecule has 0 amide bonds. The van der Waals surface area contributed by atoms with E-state index in [4.69, 9.17) is 4.74 Å². The second-order valence-corrected chi connectivity index (χ2v) is 6.17. The van der Waals surface area contributed by atoms with Crippen LogP contribution in [0.2, 0.25) is 0 Å². The van der Waals surface area contributed by atoms with Crippen molar-refractivity contribution in [3.05, 3.63) is 22.4 Å². The van der Waals surface area contributed by atoms with Gasteiger partial charge in [-0.3, -0.25) is 4.99 Å². The van der Waals surface area contributed by atoms with Crippen molar-refractivity contribution in [1.82, 2.24) is 10.6 Å². The van der Waals surface area contributed by atoms with Crippen molar-refractivity contribution in [2.75, 3.05) is 33.4 Å². The molecule has 1 fully saturated rings. The van der Waals surface area contributed by atoms with Crippen molar-refractivity contribution in [1.29, 1.82) is 0 Å². The van der Waals surface area contributed by atoms with Gasteiger partial charge in [-0.1, -0.05) is 6.07 Å². The normalized spacial score (nSPS) is 23.0. The van der Waals surface area contributed by atoms with Gasteiger partial charge in [0, 0.05) is 37.1 Å². The van der Waals surface area contributed by atoms with Crippen LogP contribution in [-0.2, 0) is 11.3 Å². The molecule has 1 aromatic rings. The van der Waals surface area contributed by atoms with Gasteiger partial charge in [-0.2, -0.15) is 0 Å². The van der Waals surface area contributed by atoms with Crippen LogP contribution in [0.5, 0.6) is 0 Å². The fourth-order valence-electron chi connectivity index (χ4n) is 2.39. The van der Waals surface area contributed by atoms with Crippen molar-refractivity contribution in [2.45, 2.75) is 19.4 Å². The average Bonchev–Trinajstić information content (AvgIpc) is 3.11. The summed E-state index contributed by atoms with van der Waals surface area (Å²) in [5.74, 6) is 0.794. The number of rotatable bonds is 6. The summed E-state index contributed by atoms with van der Waals surface area (Å²) >= 11 is 1.73. The number of thiophene rings is 1. The van der Waals surface area contributed by atoms with E-state index in [0.717, 1.165) is 38.5 Å². The number of aliphatic hydroxyl groups is 1. The van der Waals surface area contributed by atoms with Crippen molar-refractivity contribution in [3.63, 3.8) is 0 Å². The summed E-state index contributed by atoms with van der Waals surface area (Å²) in [7, 11) is 1.77. The van der Waals surface area contributed by atoms with Crippen LogP contribution < -0.4 is 10.6 Å². The highest BCUT2D eigenvalue weighted by Crippen LogP contribution is 2.31. The van der Waals surface area contributed by atoms with Crippen molar-refractivity contribution in [3.8, 4) is 0 Å². The molecule has 2 rings (SSSR count). The number of aliphatic hydroxyl groups excluding tert-OH is 1. The Morgan fingerprint density at radius 2 is 2.45 bits per heavy atom. The van der Waals surface area contributed by atoms with E-state index in [0.29, 0.717) is 6.61 Å².